The van der Waals surface area contributed by atoms with Gasteiger partial charge >= 0.3 is 5.69 Å². The number of imidazole rings is 1. The maximum atomic E-state index is 12.7. The van der Waals surface area contributed by atoms with Gasteiger partial charge in [0.15, 0.2) is 11.2 Å². The number of aromatic nitrogens is 6. The first-order chi connectivity index (χ1) is 11.2. The van der Waals surface area contributed by atoms with Crippen LogP contribution in [0.2, 0.25) is 0 Å². The lowest BCUT2D eigenvalue weighted by Crippen LogP contribution is -2.37. The van der Waals surface area contributed by atoms with Crippen molar-refractivity contribution >= 4 is 11.2 Å². The van der Waals surface area contributed by atoms with Crippen LogP contribution < -0.4 is 11.2 Å². The summed E-state index contributed by atoms with van der Waals surface area (Å²) in [5.74, 6) is 0.864. The van der Waals surface area contributed by atoms with Crippen molar-refractivity contribution in [1.29, 1.82) is 0 Å². The van der Waals surface area contributed by atoms with E-state index in [1.165, 1.54) is 11.6 Å². The second kappa shape index (κ2) is 5.47. The Bertz CT molecular complexity index is 1050. The van der Waals surface area contributed by atoms with Gasteiger partial charge in [-0.2, -0.15) is 10.1 Å². The van der Waals surface area contributed by atoms with E-state index in [0.29, 0.717) is 29.6 Å². The summed E-state index contributed by atoms with van der Waals surface area (Å²) in [5.41, 5.74) is 1.88. The van der Waals surface area contributed by atoms with Crippen LogP contribution in [-0.4, -0.2) is 28.5 Å². The fourth-order valence-corrected chi connectivity index (χ4v) is 2.97. The summed E-state index contributed by atoms with van der Waals surface area (Å²) < 4.78 is 6.11. The Morgan fingerprint density at radius 3 is 2.33 bits per heavy atom. The average molecular weight is 330 g/mol. The van der Waals surface area contributed by atoms with Crippen molar-refractivity contribution in [3.05, 3.63) is 38.3 Å². The van der Waals surface area contributed by atoms with E-state index in [-0.39, 0.29) is 11.2 Å². The summed E-state index contributed by atoms with van der Waals surface area (Å²) in [4.78, 5) is 29.5. The quantitative estimate of drug-likeness (QED) is 0.714. The number of fused-ring (bicyclic) bond motifs is 1. The molecule has 3 heterocycles. The molecule has 0 saturated heterocycles. The Balaban J connectivity index is 2.48. The Labute approximate surface area is 139 Å². The van der Waals surface area contributed by atoms with Crippen LogP contribution in [-0.2, 0) is 20.6 Å². The predicted molar refractivity (Wildman–Crippen MR) is 91.6 cm³/mol. The molecule has 0 fully saturated rings. The summed E-state index contributed by atoms with van der Waals surface area (Å²) in [6, 6.07) is 1.95. The average Bonchev–Trinajstić information content (AvgIpc) is 3.02. The summed E-state index contributed by atoms with van der Waals surface area (Å²) >= 11 is 0. The minimum absolute atomic E-state index is 0.306. The van der Waals surface area contributed by atoms with Crippen LogP contribution in [0.1, 0.15) is 25.2 Å². The number of hydrogen-bond acceptors (Lipinski definition) is 4. The van der Waals surface area contributed by atoms with E-state index in [2.05, 4.69) is 23.9 Å². The topological polar surface area (TPSA) is 79.6 Å². The zero-order valence-electron chi connectivity index (χ0n) is 14.9. The summed E-state index contributed by atoms with van der Waals surface area (Å²) in [7, 11) is 3.11. The van der Waals surface area contributed by atoms with Gasteiger partial charge in [0.1, 0.15) is 0 Å². The lowest BCUT2D eigenvalue weighted by atomic mass is 10.2. The molecule has 0 aromatic carbocycles. The van der Waals surface area contributed by atoms with Crippen LogP contribution in [0.4, 0.5) is 0 Å². The first-order valence-corrected chi connectivity index (χ1v) is 7.92. The molecule has 0 radical (unpaired) electrons. The highest BCUT2D eigenvalue weighted by atomic mass is 16.2. The van der Waals surface area contributed by atoms with Crippen molar-refractivity contribution in [2.45, 2.75) is 34.2 Å². The smallest absolute Gasteiger partial charge is 0.302 e. The van der Waals surface area contributed by atoms with E-state index in [9.17, 15) is 9.59 Å². The maximum Gasteiger partial charge on any atom is 0.332 e. The van der Waals surface area contributed by atoms with Crippen LogP contribution in [0.3, 0.4) is 0 Å². The molecule has 0 amide bonds. The van der Waals surface area contributed by atoms with E-state index in [1.807, 2.05) is 24.5 Å². The molecule has 0 saturated carbocycles. The van der Waals surface area contributed by atoms with Crippen molar-refractivity contribution in [1.82, 2.24) is 28.5 Å². The van der Waals surface area contributed by atoms with Crippen molar-refractivity contribution < 1.29 is 0 Å². The molecule has 3 aromatic heterocycles. The first kappa shape index (κ1) is 16.2. The van der Waals surface area contributed by atoms with Gasteiger partial charge in [0.25, 0.3) is 5.56 Å². The molecule has 0 atom stereocenters. The second-order valence-electron chi connectivity index (χ2n) is 6.63. The van der Waals surface area contributed by atoms with Gasteiger partial charge in [0, 0.05) is 26.3 Å². The molecule has 0 spiro atoms. The number of hydrogen-bond donors (Lipinski definition) is 0. The summed E-state index contributed by atoms with van der Waals surface area (Å²) in [6.07, 6.45) is 0. The molecule has 0 unspecified atom stereocenters. The Hall–Kier alpha value is -2.64. The van der Waals surface area contributed by atoms with Gasteiger partial charge in [-0.1, -0.05) is 13.8 Å². The normalized spacial score (nSPS) is 11.8. The van der Waals surface area contributed by atoms with Crippen molar-refractivity contribution in [3.8, 4) is 5.95 Å². The summed E-state index contributed by atoms with van der Waals surface area (Å²) in [5, 5.41) is 4.48. The Morgan fingerprint density at radius 1 is 1.12 bits per heavy atom. The molecule has 128 valence electrons. The molecule has 0 bridgehead atoms. The van der Waals surface area contributed by atoms with Gasteiger partial charge < -0.3 is 4.57 Å². The van der Waals surface area contributed by atoms with E-state index in [4.69, 9.17) is 0 Å². The molecule has 0 aliphatic rings. The maximum absolute atomic E-state index is 12.7. The van der Waals surface area contributed by atoms with Gasteiger partial charge in [-0.3, -0.25) is 13.9 Å². The monoisotopic (exact) mass is 330 g/mol. The third-order valence-electron chi connectivity index (χ3n) is 4.07. The van der Waals surface area contributed by atoms with Gasteiger partial charge in [-0.15, -0.1) is 0 Å². The number of rotatable bonds is 3. The third-order valence-corrected chi connectivity index (χ3v) is 4.07. The summed E-state index contributed by atoms with van der Waals surface area (Å²) in [6.45, 7) is 8.61. The third kappa shape index (κ3) is 2.29. The number of nitrogens with zero attached hydrogens (tertiary/aromatic N) is 6. The minimum Gasteiger partial charge on any atom is -0.302 e. The molecule has 3 rings (SSSR count). The molecule has 8 heteroatoms. The van der Waals surface area contributed by atoms with Crippen LogP contribution in [0.15, 0.2) is 15.7 Å². The predicted octanol–water partition coefficient (Wildman–Crippen LogP) is 0.892. The zero-order valence-corrected chi connectivity index (χ0v) is 14.9. The standard InChI is InChI=1S/C16H22N6O2/c1-9(2)8-21-12-13(19(5)16(24)20(6)14(12)23)17-15(21)22-11(4)7-10(3)18-22/h7,9H,8H2,1-6H3. The molecular weight excluding hydrogens is 308 g/mol. The Morgan fingerprint density at radius 2 is 1.79 bits per heavy atom. The van der Waals surface area contributed by atoms with Gasteiger partial charge in [0.05, 0.1) is 5.69 Å². The highest BCUT2D eigenvalue weighted by Gasteiger charge is 2.22. The van der Waals surface area contributed by atoms with Gasteiger partial charge in [-0.05, 0) is 25.8 Å². The zero-order chi connectivity index (χ0) is 17.8. The Kier molecular flexibility index (Phi) is 3.70. The highest BCUT2D eigenvalue weighted by Crippen LogP contribution is 2.18. The SMILES string of the molecule is Cc1cc(C)n(-c2nc3c(c(=O)n(C)c(=O)n3C)n2CC(C)C)n1. The molecule has 3 aromatic rings. The highest BCUT2D eigenvalue weighted by molar-refractivity contribution is 5.72. The lowest BCUT2D eigenvalue weighted by molar-refractivity contribution is 0.517. The second-order valence-corrected chi connectivity index (χ2v) is 6.63. The molecular formula is C16H22N6O2. The van der Waals surface area contributed by atoms with E-state index >= 15 is 0 Å². The molecule has 0 N–H and O–H groups in total. The van der Waals surface area contributed by atoms with Crippen molar-refractivity contribution in [3.63, 3.8) is 0 Å². The van der Waals surface area contributed by atoms with Crippen LogP contribution in [0, 0.1) is 19.8 Å². The van der Waals surface area contributed by atoms with Crippen molar-refractivity contribution in [2.24, 2.45) is 20.0 Å². The minimum atomic E-state index is -0.387. The van der Waals surface area contributed by atoms with E-state index in [1.54, 1.807) is 11.7 Å². The van der Waals surface area contributed by atoms with Gasteiger partial charge in [0.2, 0.25) is 5.95 Å². The van der Waals surface area contributed by atoms with Crippen LogP contribution in [0.25, 0.3) is 17.1 Å². The van der Waals surface area contributed by atoms with E-state index in [0.717, 1.165) is 16.0 Å². The van der Waals surface area contributed by atoms with E-state index < -0.39 is 0 Å². The molecule has 8 nitrogen and oxygen atoms in total. The van der Waals surface area contributed by atoms with Crippen LogP contribution in [0.5, 0.6) is 0 Å². The largest absolute Gasteiger partial charge is 0.332 e. The molecule has 0 aliphatic heterocycles. The number of aryl methyl sites for hydroxylation is 3. The van der Waals surface area contributed by atoms with Crippen molar-refractivity contribution in [2.75, 3.05) is 0 Å². The fourth-order valence-electron chi connectivity index (χ4n) is 2.97. The van der Waals surface area contributed by atoms with Crippen LogP contribution >= 0.6 is 0 Å². The molecule has 24 heavy (non-hydrogen) atoms. The van der Waals surface area contributed by atoms with Gasteiger partial charge in [-0.25, -0.2) is 9.48 Å². The molecule has 0 aliphatic carbocycles. The fraction of sp³-hybridized carbons (Fsp3) is 0.500. The lowest BCUT2D eigenvalue weighted by Gasteiger charge is -2.12. The first-order valence-electron chi connectivity index (χ1n) is 7.92.